The van der Waals surface area contributed by atoms with Gasteiger partial charge in [-0.15, -0.1) is 0 Å². The fourth-order valence-electron chi connectivity index (χ4n) is 2.12. The Hall–Kier alpha value is -2.67. The molecule has 6 nitrogen and oxygen atoms in total. The van der Waals surface area contributed by atoms with Crippen LogP contribution in [0, 0.1) is 0 Å². The highest BCUT2D eigenvalue weighted by Crippen LogP contribution is 2.25. The first-order valence-electron chi connectivity index (χ1n) is 7.91. The maximum atomic E-state index is 12.8. The number of carbonyl (C=O) groups is 2. The molecule has 2 rings (SSSR count). The monoisotopic (exact) mass is 360 g/mol. The summed E-state index contributed by atoms with van der Waals surface area (Å²) in [5.74, 6) is -0.391. The number of benzene rings is 2. The van der Waals surface area contributed by atoms with Gasteiger partial charge in [0, 0.05) is 24.2 Å². The molecule has 0 radical (unpaired) electrons. The smallest absolute Gasteiger partial charge is 0.224 e. The van der Waals surface area contributed by atoms with Crippen LogP contribution in [0.2, 0.25) is 0 Å². The standard InChI is InChI=1S/C18H20N2O4S/c1-3-17(21)19-13-7-5-9-15(11-13)25(23,24)16-10-6-8-14(12-16)20-18(22)4-2/h5-12H,3-4H2,1-2H3,(H,19,21)(H,20,22). The largest absolute Gasteiger partial charge is 0.326 e. The summed E-state index contributed by atoms with van der Waals surface area (Å²) in [7, 11) is -3.77. The van der Waals surface area contributed by atoms with Gasteiger partial charge in [0.15, 0.2) is 0 Å². The summed E-state index contributed by atoms with van der Waals surface area (Å²) in [4.78, 5) is 23.1. The summed E-state index contributed by atoms with van der Waals surface area (Å²) in [5, 5.41) is 5.28. The van der Waals surface area contributed by atoms with Crippen molar-refractivity contribution in [2.75, 3.05) is 10.6 Å². The predicted molar refractivity (Wildman–Crippen MR) is 96.2 cm³/mol. The third kappa shape index (κ3) is 4.67. The van der Waals surface area contributed by atoms with Crippen LogP contribution in [0.1, 0.15) is 26.7 Å². The lowest BCUT2D eigenvalue weighted by atomic mass is 10.3. The van der Waals surface area contributed by atoms with E-state index in [1.54, 1.807) is 38.1 Å². The Bertz CT molecular complexity index is 824. The molecule has 0 aliphatic rings. The molecule has 7 heteroatoms. The number of hydrogen-bond acceptors (Lipinski definition) is 4. The van der Waals surface area contributed by atoms with Gasteiger partial charge in [0.2, 0.25) is 21.7 Å². The van der Waals surface area contributed by atoms with E-state index >= 15 is 0 Å². The van der Waals surface area contributed by atoms with Crippen LogP contribution in [0.4, 0.5) is 11.4 Å². The number of nitrogens with one attached hydrogen (secondary N) is 2. The molecule has 0 aliphatic heterocycles. The minimum absolute atomic E-state index is 0.0698. The lowest BCUT2D eigenvalue weighted by Gasteiger charge is -2.10. The first-order chi connectivity index (χ1) is 11.9. The minimum atomic E-state index is -3.77. The maximum Gasteiger partial charge on any atom is 0.224 e. The predicted octanol–water partition coefficient (Wildman–Crippen LogP) is 3.22. The van der Waals surface area contributed by atoms with Crippen molar-refractivity contribution in [2.24, 2.45) is 0 Å². The molecule has 0 unspecified atom stereocenters. The van der Waals surface area contributed by atoms with Gasteiger partial charge in [0.05, 0.1) is 9.79 Å². The van der Waals surface area contributed by atoms with Crippen LogP contribution in [-0.2, 0) is 19.4 Å². The second-order valence-electron chi connectivity index (χ2n) is 5.36. The molecule has 0 bridgehead atoms. The lowest BCUT2D eigenvalue weighted by molar-refractivity contribution is -0.116. The molecule has 0 fully saturated rings. The second-order valence-corrected chi connectivity index (χ2v) is 7.31. The Labute approximate surface area is 147 Å². The molecule has 2 aromatic rings. The van der Waals surface area contributed by atoms with Crippen LogP contribution in [0.3, 0.4) is 0 Å². The molecule has 2 aromatic carbocycles. The Morgan fingerprint density at radius 2 is 1.20 bits per heavy atom. The normalized spacial score (nSPS) is 11.0. The molecule has 0 spiro atoms. The highest BCUT2D eigenvalue weighted by molar-refractivity contribution is 7.91. The number of rotatable bonds is 6. The van der Waals surface area contributed by atoms with E-state index in [4.69, 9.17) is 0 Å². The summed E-state index contributed by atoms with van der Waals surface area (Å²) in [5.41, 5.74) is 0.840. The zero-order valence-corrected chi connectivity index (χ0v) is 14.9. The van der Waals surface area contributed by atoms with E-state index in [2.05, 4.69) is 10.6 Å². The third-order valence-corrected chi connectivity index (χ3v) is 5.25. The number of amides is 2. The molecule has 0 atom stereocenters. The molecule has 2 amide bonds. The van der Waals surface area contributed by atoms with Gasteiger partial charge < -0.3 is 10.6 Å². The first-order valence-corrected chi connectivity index (χ1v) is 9.40. The topological polar surface area (TPSA) is 92.3 Å². The summed E-state index contributed by atoms with van der Waals surface area (Å²) >= 11 is 0. The maximum absolute atomic E-state index is 12.8. The highest BCUT2D eigenvalue weighted by Gasteiger charge is 2.19. The fraction of sp³-hybridized carbons (Fsp3) is 0.222. The molecule has 0 heterocycles. The Kier molecular flexibility index (Phi) is 5.93. The van der Waals surface area contributed by atoms with Crippen molar-refractivity contribution < 1.29 is 18.0 Å². The molecule has 25 heavy (non-hydrogen) atoms. The molecule has 0 aromatic heterocycles. The van der Waals surface area contributed by atoms with Gasteiger partial charge >= 0.3 is 0 Å². The van der Waals surface area contributed by atoms with E-state index in [-0.39, 0.29) is 21.6 Å². The summed E-state index contributed by atoms with van der Waals surface area (Å²) in [6.07, 6.45) is 0.603. The van der Waals surface area contributed by atoms with Crippen molar-refractivity contribution in [3.05, 3.63) is 48.5 Å². The number of carbonyl (C=O) groups excluding carboxylic acids is 2. The molecule has 0 saturated heterocycles. The highest BCUT2D eigenvalue weighted by atomic mass is 32.2. The van der Waals surface area contributed by atoms with Crippen LogP contribution in [-0.4, -0.2) is 20.2 Å². The third-order valence-electron chi connectivity index (χ3n) is 3.50. The van der Waals surface area contributed by atoms with Crippen molar-refractivity contribution in [1.82, 2.24) is 0 Å². The van der Waals surface area contributed by atoms with E-state index in [0.29, 0.717) is 24.2 Å². The average Bonchev–Trinajstić information content (AvgIpc) is 2.62. The van der Waals surface area contributed by atoms with E-state index in [0.717, 1.165) is 0 Å². The van der Waals surface area contributed by atoms with E-state index in [9.17, 15) is 18.0 Å². The quantitative estimate of drug-likeness (QED) is 0.827. The van der Waals surface area contributed by atoms with Crippen LogP contribution in [0.15, 0.2) is 58.3 Å². The fourth-order valence-corrected chi connectivity index (χ4v) is 3.47. The SMILES string of the molecule is CCC(=O)Nc1cccc(S(=O)(=O)c2cccc(NC(=O)CC)c2)c1. The van der Waals surface area contributed by atoms with Crippen LogP contribution in [0.5, 0.6) is 0 Å². The van der Waals surface area contributed by atoms with Gasteiger partial charge in [-0.2, -0.15) is 0 Å². The molecule has 0 saturated carbocycles. The molecule has 132 valence electrons. The van der Waals surface area contributed by atoms with Gasteiger partial charge in [-0.05, 0) is 36.4 Å². The van der Waals surface area contributed by atoms with Crippen molar-refractivity contribution >= 4 is 33.0 Å². The lowest BCUT2D eigenvalue weighted by Crippen LogP contribution is -2.11. The first kappa shape index (κ1) is 18.7. The molecular weight excluding hydrogens is 340 g/mol. The Balaban J connectivity index is 2.35. The number of anilines is 2. The van der Waals surface area contributed by atoms with Gasteiger partial charge in [-0.3, -0.25) is 9.59 Å². The molecular formula is C18H20N2O4S. The Morgan fingerprint density at radius 1 is 0.800 bits per heavy atom. The summed E-state index contributed by atoms with van der Waals surface area (Å²) in [6, 6.07) is 12.2. The zero-order valence-electron chi connectivity index (χ0n) is 14.1. The van der Waals surface area contributed by atoms with Crippen molar-refractivity contribution in [3.63, 3.8) is 0 Å². The van der Waals surface area contributed by atoms with Crippen LogP contribution < -0.4 is 10.6 Å². The van der Waals surface area contributed by atoms with E-state index in [1.807, 2.05) is 0 Å². The molecule has 2 N–H and O–H groups in total. The van der Waals surface area contributed by atoms with Crippen molar-refractivity contribution in [1.29, 1.82) is 0 Å². The summed E-state index contributed by atoms with van der Waals surface area (Å²) in [6.45, 7) is 3.43. The van der Waals surface area contributed by atoms with Crippen LogP contribution in [0.25, 0.3) is 0 Å². The minimum Gasteiger partial charge on any atom is -0.326 e. The number of hydrogen-bond donors (Lipinski definition) is 2. The number of sulfone groups is 1. The van der Waals surface area contributed by atoms with Gasteiger partial charge in [0.1, 0.15) is 0 Å². The van der Waals surface area contributed by atoms with Crippen molar-refractivity contribution in [3.8, 4) is 0 Å². The average molecular weight is 360 g/mol. The molecule has 0 aliphatic carbocycles. The Morgan fingerprint density at radius 3 is 1.56 bits per heavy atom. The van der Waals surface area contributed by atoms with Gasteiger partial charge in [0.25, 0.3) is 0 Å². The van der Waals surface area contributed by atoms with Crippen LogP contribution >= 0.6 is 0 Å². The summed E-state index contributed by atoms with van der Waals surface area (Å²) < 4.78 is 25.6. The van der Waals surface area contributed by atoms with E-state index in [1.165, 1.54) is 24.3 Å². The van der Waals surface area contributed by atoms with Gasteiger partial charge in [-0.25, -0.2) is 8.42 Å². The van der Waals surface area contributed by atoms with Crippen molar-refractivity contribution in [2.45, 2.75) is 36.5 Å². The zero-order chi connectivity index (χ0) is 18.4. The van der Waals surface area contributed by atoms with Gasteiger partial charge in [-0.1, -0.05) is 26.0 Å². The second kappa shape index (κ2) is 7.94. The van der Waals surface area contributed by atoms with E-state index < -0.39 is 9.84 Å².